The van der Waals surface area contributed by atoms with Crippen molar-refractivity contribution in [2.45, 2.75) is 44.2 Å². The third-order valence-electron chi connectivity index (χ3n) is 4.36. The van der Waals surface area contributed by atoms with E-state index in [-0.39, 0.29) is 0 Å². The average Bonchev–Trinajstić information content (AvgIpc) is 3.08. The van der Waals surface area contributed by atoms with Crippen molar-refractivity contribution in [3.05, 3.63) is 60.2 Å². The summed E-state index contributed by atoms with van der Waals surface area (Å²) >= 11 is 0. The zero-order valence-electron chi connectivity index (χ0n) is 13.7. The molecule has 1 unspecified atom stereocenters. The highest BCUT2D eigenvalue weighted by atomic mass is 16.5. The summed E-state index contributed by atoms with van der Waals surface area (Å²) < 4.78 is 6.01. The zero-order valence-corrected chi connectivity index (χ0v) is 13.7. The first-order valence-corrected chi connectivity index (χ1v) is 8.51. The number of aliphatic carboxylic acids is 1. The summed E-state index contributed by atoms with van der Waals surface area (Å²) in [4.78, 5) is 11.6. The van der Waals surface area contributed by atoms with Gasteiger partial charge in [-0.25, -0.2) is 4.79 Å². The summed E-state index contributed by atoms with van der Waals surface area (Å²) in [5.74, 6) is -0.0239. The molecule has 126 valence electrons. The van der Waals surface area contributed by atoms with Gasteiger partial charge >= 0.3 is 5.97 Å². The van der Waals surface area contributed by atoms with Crippen LogP contribution in [0.15, 0.2) is 54.6 Å². The Morgan fingerprint density at radius 1 is 1.12 bits per heavy atom. The number of anilines is 1. The van der Waals surface area contributed by atoms with Crippen molar-refractivity contribution in [3.63, 3.8) is 0 Å². The van der Waals surface area contributed by atoms with Crippen molar-refractivity contribution in [2.24, 2.45) is 0 Å². The lowest BCUT2D eigenvalue weighted by Gasteiger charge is -2.17. The number of carboxylic acid groups (broad SMARTS) is 1. The van der Waals surface area contributed by atoms with Gasteiger partial charge in [0.2, 0.25) is 0 Å². The minimum Gasteiger partial charge on any atom is -0.490 e. The van der Waals surface area contributed by atoms with E-state index < -0.39 is 12.0 Å². The third-order valence-corrected chi connectivity index (χ3v) is 4.36. The van der Waals surface area contributed by atoms with Crippen molar-refractivity contribution in [1.82, 2.24) is 0 Å². The molecule has 1 saturated carbocycles. The Bertz CT molecular complexity index is 666. The fourth-order valence-corrected chi connectivity index (χ4v) is 3.12. The van der Waals surface area contributed by atoms with E-state index in [9.17, 15) is 9.90 Å². The Hall–Kier alpha value is -2.49. The van der Waals surface area contributed by atoms with Gasteiger partial charge in [0, 0.05) is 12.1 Å². The van der Waals surface area contributed by atoms with Gasteiger partial charge in [0.1, 0.15) is 11.8 Å². The molecule has 1 aliphatic carbocycles. The predicted molar refractivity (Wildman–Crippen MR) is 94.5 cm³/mol. The van der Waals surface area contributed by atoms with Gasteiger partial charge < -0.3 is 15.2 Å². The molecule has 0 amide bonds. The van der Waals surface area contributed by atoms with Gasteiger partial charge in [-0.15, -0.1) is 0 Å². The van der Waals surface area contributed by atoms with Crippen LogP contribution in [0.25, 0.3) is 0 Å². The highest BCUT2D eigenvalue weighted by Gasteiger charge is 2.19. The molecular weight excluding hydrogens is 302 g/mol. The normalized spacial score (nSPS) is 15.8. The first-order valence-electron chi connectivity index (χ1n) is 8.51. The summed E-state index contributed by atoms with van der Waals surface area (Å²) in [6.45, 7) is 0. The van der Waals surface area contributed by atoms with Crippen LogP contribution in [0.1, 0.15) is 31.2 Å². The molecule has 0 aliphatic heterocycles. The van der Waals surface area contributed by atoms with Crippen LogP contribution in [-0.4, -0.2) is 23.2 Å². The van der Waals surface area contributed by atoms with Crippen LogP contribution in [-0.2, 0) is 11.2 Å². The average molecular weight is 325 g/mol. The van der Waals surface area contributed by atoms with Gasteiger partial charge in [0.25, 0.3) is 0 Å². The highest BCUT2D eigenvalue weighted by molar-refractivity contribution is 5.77. The molecule has 0 aromatic heterocycles. The Morgan fingerprint density at radius 3 is 2.58 bits per heavy atom. The van der Waals surface area contributed by atoms with Crippen molar-refractivity contribution in [1.29, 1.82) is 0 Å². The fourth-order valence-electron chi connectivity index (χ4n) is 3.12. The number of carboxylic acids is 1. The van der Waals surface area contributed by atoms with Crippen LogP contribution in [0.4, 0.5) is 5.69 Å². The maximum absolute atomic E-state index is 11.6. The van der Waals surface area contributed by atoms with Gasteiger partial charge in [0.15, 0.2) is 0 Å². The van der Waals surface area contributed by atoms with Crippen molar-refractivity contribution in [2.75, 3.05) is 5.32 Å². The number of nitrogens with one attached hydrogen (secondary N) is 1. The maximum atomic E-state index is 11.6. The molecule has 0 radical (unpaired) electrons. The first kappa shape index (κ1) is 16.4. The molecule has 0 heterocycles. The molecule has 1 aliphatic rings. The van der Waals surface area contributed by atoms with Crippen LogP contribution in [0.5, 0.6) is 5.75 Å². The second kappa shape index (κ2) is 7.86. The molecule has 1 fully saturated rings. The summed E-state index contributed by atoms with van der Waals surface area (Å²) in [7, 11) is 0. The molecule has 0 bridgehead atoms. The number of hydrogen-bond acceptors (Lipinski definition) is 3. The zero-order chi connectivity index (χ0) is 16.8. The number of rotatable bonds is 7. The summed E-state index contributed by atoms with van der Waals surface area (Å²) in [6, 6.07) is 16.5. The SMILES string of the molecule is O=C(O)C(Cc1cccc(OC2CCCC2)c1)Nc1ccccc1. The van der Waals surface area contributed by atoms with Gasteiger partial charge in [0.05, 0.1) is 6.10 Å². The monoisotopic (exact) mass is 325 g/mol. The quantitative estimate of drug-likeness (QED) is 0.804. The van der Waals surface area contributed by atoms with E-state index in [4.69, 9.17) is 4.74 Å². The van der Waals surface area contributed by atoms with Crippen LogP contribution in [0, 0.1) is 0 Å². The van der Waals surface area contributed by atoms with E-state index in [2.05, 4.69) is 5.32 Å². The summed E-state index contributed by atoms with van der Waals surface area (Å²) in [5, 5.41) is 12.6. The van der Waals surface area contributed by atoms with Crippen molar-refractivity contribution >= 4 is 11.7 Å². The smallest absolute Gasteiger partial charge is 0.326 e. The van der Waals surface area contributed by atoms with Crippen molar-refractivity contribution < 1.29 is 14.6 Å². The molecule has 2 aromatic carbocycles. The summed E-state index contributed by atoms with van der Waals surface area (Å²) in [5.41, 5.74) is 1.77. The van der Waals surface area contributed by atoms with Gasteiger partial charge in [-0.05, 0) is 55.5 Å². The minimum absolute atomic E-state index is 0.304. The molecule has 0 spiro atoms. The summed E-state index contributed by atoms with van der Waals surface area (Å²) in [6.07, 6.45) is 5.39. The van der Waals surface area contributed by atoms with Crippen molar-refractivity contribution in [3.8, 4) is 5.75 Å². The third kappa shape index (κ3) is 4.51. The molecule has 3 rings (SSSR count). The van der Waals surface area contributed by atoms with Crippen LogP contribution < -0.4 is 10.1 Å². The molecule has 24 heavy (non-hydrogen) atoms. The van der Waals surface area contributed by atoms with Crippen LogP contribution in [0.3, 0.4) is 0 Å². The lowest BCUT2D eigenvalue weighted by molar-refractivity contribution is -0.137. The van der Waals surface area contributed by atoms with E-state index in [1.165, 1.54) is 12.8 Å². The second-order valence-electron chi connectivity index (χ2n) is 6.28. The molecule has 2 N–H and O–H groups in total. The number of carbonyl (C=O) groups is 1. The largest absolute Gasteiger partial charge is 0.490 e. The standard InChI is InChI=1S/C20H23NO3/c22-20(23)19(21-16-8-2-1-3-9-16)14-15-7-6-12-18(13-15)24-17-10-4-5-11-17/h1-3,6-9,12-13,17,19,21H,4-5,10-11,14H2,(H,22,23). The topological polar surface area (TPSA) is 58.6 Å². The first-order chi connectivity index (χ1) is 11.7. The van der Waals surface area contributed by atoms with Crippen LogP contribution >= 0.6 is 0 Å². The van der Waals surface area contributed by atoms with Gasteiger partial charge in [-0.3, -0.25) is 0 Å². The number of ether oxygens (including phenoxy) is 1. The van der Waals surface area contributed by atoms with Gasteiger partial charge in [-0.1, -0.05) is 30.3 Å². The number of hydrogen-bond donors (Lipinski definition) is 2. The Morgan fingerprint density at radius 2 is 1.88 bits per heavy atom. The van der Waals surface area contributed by atoms with Gasteiger partial charge in [-0.2, -0.15) is 0 Å². The Labute approximate surface area is 142 Å². The lowest BCUT2D eigenvalue weighted by atomic mass is 10.1. The number of benzene rings is 2. The molecule has 1 atom stereocenters. The van der Waals surface area contributed by atoms with E-state index in [1.807, 2.05) is 54.6 Å². The molecule has 2 aromatic rings. The lowest BCUT2D eigenvalue weighted by Crippen LogP contribution is -2.31. The second-order valence-corrected chi connectivity index (χ2v) is 6.28. The number of para-hydroxylation sites is 1. The Balaban J connectivity index is 1.66. The molecule has 4 heteroatoms. The maximum Gasteiger partial charge on any atom is 0.326 e. The fraction of sp³-hybridized carbons (Fsp3) is 0.350. The van der Waals surface area contributed by atoms with E-state index in [0.29, 0.717) is 12.5 Å². The van der Waals surface area contributed by atoms with Crippen LogP contribution in [0.2, 0.25) is 0 Å². The molecular formula is C20H23NO3. The highest BCUT2D eigenvalue weighted by Crippen LogP contribution is 2.25. The van der Waals surface area contributed by atoms with E-state index >= 15 is 0 Å². The minimum atomic E-state index is -0.860. The van der Waals surface area contributed by atoms with E-state index in [0.717, 1.165) is 29.8 Å². The van der Waals surface area contributed by atoms with E-state index in [1.54, 1.807) is 0 Å². The molecule has 4 nitrogen and oxygen atoms in total. The Kier molecular flexibility index (Phi) is 5.36. The molecule has 0 saturated heterocycles. The predicted octanol–water partition coefficient (Wildman–Crippen LogP) is 4.12.